The minimum atomic E-state index is -1.07. The monoisotopic (exact) mass is 429 g/mol. The maximum atomic E-state index is 13.5. The van der Waals surface area contributed by atoms with Crippen LogP contribution in [0.5, 0.6) is 17.2 Å². The van der Waals surface area contributed by atoms with Crippen LogP contribution in [0.15, 0.2) is 36.4 Å². The number of ether oxygens (including phenoxy) is 3. The summed E-state index contributed by atoms with van der Waals surface area (Å²) in [4.78, 5) is 14.7. The highest BCUT2D eigenvalue weighted by molar-refractivity contribution is 6.07. The van der Waals surface area contributed by atoms with Crippen molar-refractivity contribution in [1.29, 1.82) is 0 Å². The second-order valence-corrected chi connectivity index (χ2v) is 7.17. The fraction of sp³-hybridized carbons (Fsp3) is 0.292. The van der Waals surface area contributed by atoms with Gasteiger partial charge < -0.3 is 19.1 Å². The zero-order chi connectivity index (χ0) is 22.5. The molecule has 1 heterocycles. The van der Waals surface area contributed by atoms with Gasteiger partial charge in [-0.1, -0.05) is 6.08 Å². The minimum absolute atomic E-state index is 0.0415. The Morgan fingerprint density at radius 3 is 2.35 bits per heavy atom. The molecule has 3 rings (SSSR count). The van der Waals surface area contributed by atoms with Crippen molar-refractivity contribution in [2.24, 2.45) is 0 Å². The molecule has 0 aromatic heterocycles. The molecular weight excluding hydrogens is 404 g/mol. The summed E-state index contributed by atoms with van der Waals surface area (Å²) in [5.74, 6) is -0.973. The van der Waals surface area contributed by atoms with E-state index in [1.165, 1.54) is 19.3 Å². The van der Waals surface area contributed by atoms with Crippen molar-refractivity contribution in [3.8, 4) is 17.2 Å². The van der Waals surface area contributed by atoms with E-state index >= 15 is 0 Å². The van der Waals surface area contributed by atoms with Gasteiger partial charge in [0.15, 0.2) is 17.4 Å². The van der Waals surface area contributed by atoms with Gasteiger partial charge in [0.25, 0.3) is 0 Å². The Morgan fingerprint density at radius 1 is 1.03 bits per heavy atom. The number of halogens is 2. The van der Waals surface area contributed by atoms with Gasteiger partial charge in [-0.3, -0.25) is 4.79 Å². The fourth-order valence-electron chi connectivity index (χ4n) is 3.53. The van der Waals surface area contributed by atoms with E-state index in [9.17, 15) is 13.6 Å². The lowest BCUT2D eigenvalue weighted by atomic mass is 9.94. The number of hydrogen-bond acceptors (Lipinski definition) is 5. The Labute approximate surface area is 180 Å². The molecule has 2 aromatic rings. The van der Waals surface area contributed by atoms with Gasteiger partial charge in [0, 0.05) is 24.7 Å². The van der Waals surface area contributed by atoms with Crippen molar-refractivity contribution in [2.75, 3.05) is 41.5 Å². The fourth-order valence-corrected chi connectivity index (χ4v) is 3.53. The van der Waals surface area contributed by atoms with Crippen molar-refractivity contribution in [3.05, 3.63) is 64.7 Å². The Bertz CT molecular complexity index is 1050. The maximum Gasteiger partial charge on any atom is 0.185 e. The highest BCUT2D eigenvalue weighted by Gasteiger charge is 2.23. The predicted molar refractivity (Wildman–Crippen MR) is 116 cm³/mol. The second kappa shape index (κ2) is 9.75. The summed E-state index contributed by atoms with van der Waals surface area (Å²) in [6.07, 6.45) is 5.77. The number of carbonyl (C=O) groups is 1. The summed E-state index contributed by atoms with van der Waals surface area (Å²) in [6, 6.07) is 4.79. The maximum absolute atomic E-state index is 13.5. The third kappa shape index (κ3) is 4.77. The van der Waals surface area contributed by atoms with Crippen LogP contribution in [0.4, 0.5) is 8.78 Å². The predicted octanol–water partition coefficient (Wildman–Crippen LogP) is 4.61. The quantitative estimate of drug-likeness (QED) is 0.475. The zero-order valence-electron chi connectivity index (χ0n) is 18.0. The number of benzene rings is 2. The average Bonchev–Trinajstić information content (AvgIpc) is 2.78. The lowest BCUT2D eigenvalue weighted by molar-refractivity contribution is 0.104. The summed E-state index contributed by atoms with van der Waals surface area (Å²) < 4.78 is 43.5. The summed E-state index contributed by atoms with van der Waals surface area (Å²) >= 11 is 0. The molecule has 7 heteroatoms. The molecule has 0 unspecified atom stereocenters. The van der Waals surface area contributed by atoms with E-state index in [1.54, 1.807) is 26.4 Å². The third-order valence-corrected chi connectivity index (χ3v) is 5.23. The number of ketones is 1. The van der Waals surface area contributed by atoms with Crippen LogP contribution >= 0.6 is 0 Å². The van der Waals surface area contributed by atoms with E-state index in [2.05, 4.69) is 11.0 Å². The first-order valence-corrected chi connectivity index (χ1v) is 9.78. The molecule has 0 saturated heterocycles. The molecule has 0 N–H and O–H groups in total. The molecule has 0 bridgehead atoms. The lowest BCUT2D eigenvalue weighted by Crippen LogP contribution is -2.24. The molecule has 0 spiro atoms. The molecule has 0 saturated carbocycles. The van der Waals surface area contributed by atoms with Crippen LogP contribution in [0.2, 0.25) is 0 Å². The van der Waals surface area contributed by atoms with Gasteiger partial charge in [-0.15, -0.1) is 0 Å². The van der Waals surface area contributed by atoms with Crippen molar-refractivity contribution < 1.29 is 27.8 Å². The second-order valence-electron chi connectivity index (χ2n) is 7.17. The summed E-state index contributed by atoms with van der Waals surface area (Å²) in [5.41, 5.74) is 2.48. The molecule has 164 valence electrons. The highest BCUT2D eigenvalue weighted by Crippen LogP contribution is 2.45. The molecule has 0 radical (unpaired) electrons. The summed E-state index contributed by atoms with van der Waals surface area (Å²) in [7, 11) is 6.68. The summed E-state index contributed by atoms with van der Waals surface area (Å²) in [5, 5.41) is 0. The average molecular weight is 429 g/mol. The van der Waals surface area contributed by atoms with Crippen LogP contribution < -0.4 is 14.2 Å². The van der Waals surface area contributed by atoms with Gasteiger partial charge in [-0.05, 0) is 49.4 Å². The van der Waals surface area contributed by atoms with Crippen LogP contribution in [0.25, 0.3) is 11.6 Å². The van der Waals surface area contributed by atoms with Gasteiger partial charge in [0.05, 0.1) is 32.5 Å². The van der Waals surface area contributed by atoms with Gasteiger partial charge in [0.1, 0.15) is 17.2 Å². The van der Waals surface area contributed by atoms with Crippen LogP contribution in [0.3, 0.4) is 0 Å². The molecule has 2 aromatic carbocycles. The topological polar surface area (TPSA) is 48.0 Å². The van der Waals surface area contributed by atoms with Crippen LogP contribution in [0, 0.1) is 11.6 Å². The number of rotatable bonds is 7. The number of nitrogens with zero attached hydrogens (tertiary/aromatic N) is 1. The van der Waals surface area contributed by atoms with Gasteiger partial charge in [0.2, 0.25) is 0 Å². The van der Waals surface area contributed by atoms with Crippen molar-refractivity contribution in [1.82, 2.24) is 4.90 Å². The zero-order valence-corrected chi connectivity index (χ0v) is 18.0. The first kappa shape index (κ1) is 22.5. The largest absolute Gasteiger partial charge is 0.496 e. The molecule has 0 atom stereocenters. The third-order valence-electron chi connectivity index (χ3n) is 5.23. The first-order chi connectivity index (χ1) is 14.9. The van der Waals surface area contributed by atoms with E-state index in [-0.39, 0.29) is 5.56 Å². The number of carbonyl (C=O) groups excluding carboxylic acids is 1. The van der Waals surface area contributed by atoms with Crippen molar-refractivity contribution in [2.45, 2.75) is 6.42 Å². The first-order valence-electron chi connectivity index (χ1n) is 9.78. The van der Waals surface area contributed by atoms with Crippen molar-refractivity contribution >= 4 is 17.4 Å². The van der Waals surface area contributed by atoms with Crippen molar-refractivity contribution in [3.63, 3.8) is 0 Å². The van der Waals surface area contributed by atoms with E-state index < -0.39 is 17.4 Å². The molecule has 0 amide bonds. The van der Waals surface area contributed by atoms with E-state index in [1.807, 2.05) is 7.05 Å². The molecule has 1 aliphatic rings. The van der Waals surface area contributed by atoms with E-state index in [4.69, 9.17) is 14.2 Å². The SMILES string of the molecule is COc1cc(OC)c(C2=CCN(C)CC2)c(OC)c1/C=C/C(=O)c1ccc(F)c(F)c1. The lowest BCUT2D eigenvalue weighted by Gasteiger charge is -2.25. The van der Waals surface area contributed by atoms with Gasteiger partial charge in [-0.25, -0.2) is 8.78 Å². The molecule has 0 fully saturated rings. The van der Waals surface area contributed by atoms with E-state index in [0.29, 0.717) is 22.8 Å². The van der Waals surface area contributed by atoms with Crippen LogP contribution in [0.1, 0.15) is 27.9 Å². The molecular formula is C24H25F2NO4. The van der Waals surface area contributed by atoms with Crippen LogP contribution in [-0.2, 0) is 0 Å². The number of hydrogen-bond donors (Lipinski definition) is 0. The molecule has 31 heavy (non-hydrogen) atoms. The number of methoxy groups -OCH3 is 3. The van der Waals surface area contributed by atoms with Crippen LogP contribution in [-0.4, -0.2) is 52.1 Å². The molecule has 5 nitrogen and oxygen atoms in total. The smallest absolute Gasteiger partial charge is 0.185 e. The standard InChI is InChI=1S/C24H25F2NO4/c1-27-11-9-15(10-12-27)23-22(30-3)14-21(29-2)17(24(23)31-4)6-8-20(28)16-5-7-18(25)19(26)13-16/h5-9,13-14H,10-12H2,1-4H3/b8-6+. The summed E-state index contributed by atoms with van der Waals surface area (Å²) in [6.45, 7) is 1.69. The normalized spacial score (nSPS) is 14.5. The highest BCUT2D eigenvalue weighted by atomic mass is 19.2. The Hall–Kier alpha value is -3.19. The number of likely N-dealkylation sites (N-methyl/N-ethyl adjacent to an activating group) is 1. The van der Waals surface area contributed by atoms with Gasteiger partial charge in [-0.2, -0.15) is 0 Å². The Kier molecular flexibility index (Phi) is 7.07. The Balaban J connectivity index is 2.08. The van der Waals surface area contributed by atoms with E-state index in [0.717, 1.165) is 42.8 Å². The number of allylic oxidation sites excluding steroid dienone is 1. The molecule has 0 aliphatic carbocycles. The van der Waals surface area contributed by atoms with Gasteiger partial charge >= 0.3 is 0 Å². The Morgan fingerprint density at radius 2 is 1.77 bits per heavy atom. The minimum Gasteiger partial charge on any atom is -0.496 e. The molecule has 1 aliphatic heterocycles.